The maximum Gasteiger partial charge on any atom is 0.123 e. The van der Waals surface area contributed by atoms with Gasteiger partial charge in [0.05, 0.1) is 0 Å². The number of allylic oxidation sites excluding steroid dienone is 4. The van der Waals surface area contributed by atoms with Crippen molar-refractivity contribution in [3.8, 4) is 5.75 Å². The van der Waals surface area contributed by atoms with E-state index in [1.54, 1.807) is 0 Å². The van der Waals surface area contributed by atoms with E-state index >= 15 is 0 Å². The highest BCUT2D eigenvalue weighted by Gasteiger charge is 2.22. The molecule has 2 aromatic carbocycles. The van der Waals surface area contributed by atoms with Gasteiger partial charge in [-0.1, -0.05) is 87.4 Å². The van der Waals surface area contributed by atoms with Gasteiger partial charge in [-0.25, -0.2) is 0 Å². The van der Waals surface area contributed by atoms with E-state index in [1.165, 1.54) is 54.4 Å². The first-order valence-corrected chi connectivity index (χ1v) is 14.9. The molecule has 37 heavy (non-hydrogen) atoms. The molecule has 1 unspecified atom stereocenters. The lowest BCUT2D eigenvalue weighted by Crippen LogP contribution is -2.32. The summed E-state index contributed by atoms with van der Waals surface area (Å²) < 4.78 is 0. The van der Waals surface area contributed by atoms with Crippen LogP contribution >= 0.6 is 0 Å². The van der Waals surface area contributed by atoms with E-state index in [-0.39, 0.29) is 0 Å². The van der Waals surface area contributed by atoms with Gasteiger partial charge in [-0.2, -0.15) is 0 Å². The Morgan fingerprint density at radius 2 is 1.70 bits per heavy atom. The van der Waals surface area contributed by atoms with E-state index in [1.807, 2.05) is 0 Å². The van der Waals surface area contributed by atoms with Crippen LogP contribution in [0.25, 0.3) is 0 Å². The fraction of sp³-hybridized carbons (Fsp3) is 0.529. The predicted octanol–water partition coefficient (Wildman–Crippen LogP) is 7.99. The van der Waals surface area contributed by atoms with E-state index in [0.29, 0.717) is 11.7 Å². The number of hydrogen-bond donors (Lipinski definition) is 1. The highest BCUT2D eigenvalue weighted by molar-refractivity contribution is 5.47. The van der Waals surface area contributed by atoms with Crippen LogP contribution in [0.5, 0.6) is 5.75 Å². The molecule has 1 atom stereocenters. The van der Waals surface area contributed by atoms with Crippen LogP contribution in [0.3, 0.4) is 0 Å². The lowest BCUT2D eigenvalue weighted by Gasteiger charge is -2.31. The van der Waals surface area contributed by atoms with Crippen molar-refractivity contribution in [2.45, 2.75) is 90.6 Å². The van der Waals surface area contributed by atoms with Crippen LogP contribution in [0.4, 0.5) is 0 Å². The Balaban J connectivity index is 1.37. The summed E-state index contributed by atoms with van der Waals surface area (Å²) in [6.07, 6.45) is 17.8. The molecule has 2 aliphatic rings. The van der Waals surface area contributed by atoms with Crippen LogP contribution in [-0.4, -0.2) is 41.1 Å². The maximum absolute atomic E-state index is 11.1. The molecule has 0 saturated carbocycles. The molecule has 4 rings (SSSR count). The SMILES string of the molecule is CC/C=C\C(=C/CC)C(CCCN1CCc2c(ccc(CN3CCCCCC3)c2O)C1)c1ccccc1. The highest BCUT2D eigenvalue weighted by Crippen LogP contribution is 2.34. The molecule has 3 heteroatoms. The summed E-state index contributed by atoms with van der Waals surface area (Å²) in [6.45, 7) is 10.8. The lowest BCUT2D eigenvalue weighted by atomic mass is 9.86. The molecule has 1 fully saturated rings. The minimum absolute atomic E-state index is 0.451. The van der Waals surface area contributed by atoms with Crippen molar-refractivity contribution in [3.05, 3.63) is 88.5 Å². The number of nitrogens with zero attached hydrogens (tertiary/aromatic N) is 2. The van der Waals surface area contributed by atoms with E-state index in [4.69, 9.17) is 0 Å². The molecule has 2 heterocycles. The van der Waals surface area contributed by atoms with Crippen LogP contribution in [0.1, 0.15) is 93.4 Å². The van der Waals surface area contributed by atoms with Crippen molar-refractivity contribution in [3.63, 3.8) is 0 Å². The first-order valence-electron chi connectivity index (χ1n) is 14.9. The lowest BCUT2D eigenvalue weighted by molar-refractivity contribution is 0.243. The molecule has 1 N–H and O–H groups in total. The van der Waals surface area contributed by atoms with Crippen LogP contribution in [-0.2, 0) is 19.5 Å². The molecule has 0 amide bonds. The Labute approximate surface area is 225 Å². The number of hydrogen-bond acceptors (Lipinski definition) is 3. The molecule has 2 aliphatic heterocycles. The van der Waals surface area contributed by atoms with Crippen molar-refractivity contribution in [2.75, 3.05) is 26.2 Å². The normalized spacial score (nSPS) is 18.6. The van der Waals surface area contributed by atoms with Gasteiger partial charge < -0.3 is 5.11 Å². The molecular formula is C34H48N2O. The van der Waals surface area contributed by atoms with E-state index in [0.717, 1.165) is 70.5 Å². The average Bonchev–Trinajstić information content (AvgIpc) is 3.20. The smallest absolute Gasteiger partial charge is 0.123 e. The third-order valence-corrected chi connectivity index (χ3v) is 8.19. The topological polar surface area (TPSA) is 26.7 Å². The van der Waals surface area contributed by atoms with Gasteiger partial charge in [-0.15, -0.1) is 0 Å². The molecule has 0 aliphatic carbocycles. The Kier molecular flexibility index (Phi) is 10.9. The number of phenolic OH excluding ortho intramolecular Hbond substituents is 1. The van der Waals surface area contributed by atoms with Crippen molar-refractivity contribution in [1.29, 1.82) is 0 Å². The summed E-state index contributed by atoms with van der Waals surface area (Å²) in [4.78, 5) is 5.12. The Morgan fingerprint density at radius 3 is 2.43 bits per heavy atom. The predicted molar refractivity (Wildman–Crippen MR) is 157 cm³/mol. The van der Waals surface area contributed by atoms with Gasteiger partial charge in [0.15, 0.2) is 0 Å². The summed E-state index contributed by atoms with van der Waals surface area (Å²) in [5, 5.41) is 11.1. The van der Waals surface area contributed by atoms with Gasteiger partial charge in [0, 0.05) is 31.1 Å². The molecule has 0 bridgehead atoms. The van der Waals surface area contributed by atoms with Crippen molar-refractivity contribution in [1.82, 2.24) is 9.80 Å². The van der Waals surface area contributed by atoms with Crippen molar-refractivity contribution < 1.29 is 5.11 Å². The van der Waals surface area contributed by atoms with Crippen LogP contribution in [0, 0.1) is 0 Å². The summed E-state index contributed by atoms with van der Waals surface area (Å²) in [5.74, 6) is 1.02. The molecule has 0 aromatic heterocycles. The zero-order valence-corrected chi connectivity index (χ0v) is 23.3. The minimum Gasteiger partial charge on any atom is -0.507 e. The van der Waals surface area contributed by atoms with Gasteiger partial charge in [0.25, 0.3) is 0 Å². The standard InChI is InChI=1S/C34H48N2O/c1-3-5-15-28(14-4-2)32(29-16-9-8-10-17-29)18-13-24-36-25-21-33-30(26-36)19-20-31(34(33)37)27-35-22-11-6-7-12-23-35/h5,8-10,14-17,19-20,32,37H,3-4,6-7,11-13,18,21-27H2,1-2H3/b15-5-,28-14+. The number of benzene rings is 2. The number of likely N-dealkylation sites (tertiary alicyclic amines) is 1. The summed E-state index contributed by atoms with van der Waals surface area (Å²) in [6, 6.07) is 15.5. The van der Waals surface area contributed by atoms with E-state index in [9.17, 15) is 5.11 Å². The second kappa shape index (κ2) is 14.5. The first kappa shape index (κ1) is 27.7. The monoisotopic (exact) mass is 500 g/mol. The number of fused-ring (bicyclic) bond motifs is 1. The van der Waals surface area contributed by atoms with Gasteiger partial charge in [0.1, 0.15) is 5.75 Å². The fourth-order valence-electron chi connectivity index (χ4n) is 6.14. The Morgan fingerprint density at radius 1 is 0.919 bits per heavy atom. The largest absolute Gasteiger partial charge is 0.507 e. The Hall–Kier alpha value is -2.36. The number of rotatable bonds is 11. The number of phenols is 1. The molecule has 2 aromatic rings. The molecule has 0 spiro atoms. The van der Waals surface area contributed by atoms with Gasteiger partial charge in [0.2, 0.25) is 0 Å². The summed E-state index contributed by atoms with van der Waals surface area (Å²) in [7, 11) is 0. The summed E-state index contributed by atoms with van der Waals surface area (Å²) >= 11 is 0. The molecule has 200 valence electrons. The third kappa shape index (κ3) is 7.82. The first-order chi connectivity index (χ1) is 18.2. The zero-order chi connectivity index (χ0) is 25.9. The van der Waals surface area contributed by atoms with Crippen molar-refractivity contribution in [2.24, 2.45) is 0 Å². The van der Waals surface area contributed by atoms with Crippen LogP contribution < -0.4 is 0 Å². The second-order valence-electron chi connectivity index (χ2n) is 11.0. The second-order valence-corrected chi connectivity index (χ2v) is 11.0. The molecule has 1 saturated heterocycles. The molecular weight excluding hydrogens is 452 g/mol. The zero-order valence-electron chi connectivity index (χ0n) is 23.3. The van der Waals surface area contributed by atoms with E-state index < -0.39 is 0 Å². The summed E-state index contributed by atoms with van der Waals surface area (Å²) in [5.41, 5.74) is 6.52. The van der Waals surface area contributed by atoms with Gasteiger partial charge in [-0.05, 0) is 86.8 Å². The average molecular weight is 501 g/mol. The van der Waals surface area contributed by atoms with Crippen LogP contribution in [0.2, 0.25) is 0 Å². The fourth-order valence-corrected chi connectivity index (χ4v) is 6.14. The third-order valence-electron chi connectivity index (χ3n) is 8.19. The quantitative estimate of drug-likeness (QED) is 0.317. The Bertz CT molecular complexity index is 1020. The van der Waals surface area contributed by atoms with Gasteiger partial charge in [-0.3, -0.25) is 9.80 Å². The van der Waals surface area contributed by atoms with E-state index in [2.05, 4.69) is 84.3 Å². The van der Waals surface area contributed by atoms with Gasteiger partial charge >= 0.3 is 0 Å². The van der Waals surface area contributed by atoms with Crippen molar-refractivity contribution >= 4 is 0 Å². The number of aromatic hydroxyl groups is 1. The highest BCUT2D eigenvalue weighted by atomic mass is 16.3. The maximum atomic E-state index is 11.1. The molecule has 3 nitrogen and oxygen atoms in total. The minimum atomic E-state index is 0.451. The van der Waals surface area contributed by atoms with Crippen LogP contribution in [0.15, 0.2) is 66.3 Å². The molecule has 0 radical (unpaired) electrons.